The molecule has 2 saturated heterocycles. The van der Waals surface area contributed by atoms with Gasteiger partial charge in [-0.05, 0) is 51.7 Å². The van der Waals surface area contributed by atoms with Crippen LogP contribution in [0.4, 0.5) is 0 Å². The maximum Gasteiger partial charge on any atom is 0.225 e. The molecule has 4 heteroatoms. The summed E-state index contributed by atoms with van der Waals surface area (Å²) in [7, 11) is 0. The van der Waals surface area contributed by atoms with Gasteiger partial charge < -0.3 is 15.1 Å². The van der Waals surface area contributed by atoms with Crippen molar-refractivity contribution in [2.24, 2.45) is 5.92 Å². The summed E-state index contributed by atoms with van der Waals surface area (Å²) in [5, 5.41) is 3.87. The molecule has 1 N–H and O–H groups in total. The molecule has 4 nitrogen and oxygen atoms in total. The lowest BCUT2D eigenvalue weighted by Crippen LogP contribution is -2.48. The standard InChI is InChI=1S/C17H33N3O/c1-4-19-10-5-6-15(7-11-19)18-16-8-12-20(13-9-16)17(21)14(2)3/h14-16,18H,4-13H2,1-3H3. The first-order valence-electron chi connectivity index (χ1n) is 8.87. The zero-order valence-electron chi connectivity index (χ0n) is 14.1. The molecule has 0 aliphatic carbocycles. The quantitative estimate of drug-likeness (QED) is 0.863. The third-order valence-corrected chi connectivity index (χ3v) is 5.04. The van der Waals surface area contributed by atoms with Crippen LogP contribution in [0, 0.1) is 5.92 Å². The Labute approximate surface area is 130 Å². The Morgan fingerprint density at radius 1 is 1.05 bits per heavy atom. The molecule has 2 heterocycles. The molecule has 2 fully saturated rings. The Bertz CT molecular complexity index is 324. The van der Waals surface area contributed by atoms with Gasteiger partial charge in [-0.2, -0.15) is 0 Å². The number of likely N-dealkylation sites (tertiary alicyclic amines) is 2. The van der Waals surface area contributed by atoms with E-state index in [1.165, 1.54) is 38.9 Å². The summed E-state index contributed by atoms with van der Waals surface area (Å²) < 4.78 is 0. The van der Waals surface area contributed by atoms with E-state index in [9.17, 15) is 4.79 Å². The summed E-state index contributed by atoms with van der Waals surface area (Å²) in [6.07, 6.45) is 6.13. The Balaban J connectivity index is 1.72. The molecule has 0 aromatic rings. The van der Waals surface area contributed by atoms with Gasteiger partial charge >= 0.3 is 0 Å². The molecule has 1 amide bonds. The maximum atomic E-state index is 12.0. The summed E-state index contributed by atoms with van der Waals surface area (Å²) in [5.74, 6) is 0.456. The van der Waals surface area contributed by atoms with E-state index < -0.39 is 0 Å². The first-order chi connectivity index (χ1) is 10.1. The first-order valence-corrected chi connectivity index (χ1v) is 8.87. The van der Waals surface area contributed by atoms with Crippen LogP contribution in [0.5, 0.6) is 0 Å². The Morgan fingerprint density at radius 3 is 2.29 bits per heavy atom. The Kier molecular flexibility index (Phi) is 6.49. The molecule has 0 saturated carbocycles. The maximum absolute atomic E-state index is 12.0. The van der Waals surface area contributed by atoms with Crippen molar-refractivity contribution < 1.29 is 4.79 Å². The van der Waals surface area contributed by atoms with Crippen LogP contribution in [-0.4, -0.2) is 60.5 Å². The minimum Gasteiger partial charge on any atom is -0.342 e. The average molecular weight is 295 g/mol. The van der Waals surface area contributed by atoms with Crippen molar-refractivity contribution in [1.29, 1.82) is 0 Å². The summed E-state index contributed by atoms with van der Waals surface area (Å²) in [6, 6.07) is 1.29. The minimum absolute atomic E-state index is 0.136. The third-order valence-electron chi connectivity index (χ3n) is 5.04. The van der Waals surface area contributed by atoms with Crippen LogP contribution in [0.1, 0.15) is 52.9 Å². The largest absolute Gasteiger partial charge is 0.342 e. The predicted octanol–water partition coefficient (Wildman–Crippen LogP) is 2.10. The van der Waals surface area contributed by atoms with Crippen LogP contribution in [0.2, 0.25) is 0 Å². The number of rotatable bonds is 4. The van der Waals surface area contributed by atoms with Gasteiger partial charge in [-0.3, -0.25) is 4.79 Å². The second-order valence-corrected chi connectivity index (χ2v) is 6.98. The van der Waals surface area contributed by atoms with Crippen LogP contribution in [0.15, 0.2) is 0 Å². The lowest BCUT2D eigenvalue weighted by Gasteiger charge is -2.35. The van der Waals surface area contributed by atoms with Gasteiger partial charge in [0.2, 0.25) is 5.91 Å². The van der Waals surface area contributed by atoms with Crippen LogP contribution < -0.4 is 5.32 Å². The van der Waals surface area contributed by atoms with Crippen molar-refractivity contribution in [2.75, 3.05) is 32.7 Å². The molecule has 0 radical (unpaired) electrons. The third kappa shape index (κ3) is 4.96. The van der Waals surface area contributed by atoms with Crippen molar-refractivity contribution in [3.63, 3.8) is 0 Å². The van der Waals surface area contributed by atoms with E-state index in [0.29, 0.717) is 18.0 Å². The van der Waals surface area contributed by atoms with E-state index in [2.05, 4.69) is 22.0 Å². The van der Waals surface area contributed by atoms with E-state index in [-0.39, 0.29) is 5.92 Å². The molecular weight excluding hydrogens is 262 g/mol. The van der Waals surface area contributed by atoms with Gasteiger partial charge in [-0.1, -0.05) is 20.8 Å². The highest BCUT2D eigenvalue weighted by Crippen LogP contribution is 2.17. The van der Waals surface area contributed by atoms with Gasteiger partial charge in [0, 0.05) is 31.1 Å². The molecule has 0 aromatic carbocycles. The topological polar surface area (TPSA) is 35.6 Å². The average Bonchev–Trinajstić information content (AvgIpc) is 2.72. The zero-order valence-corrected chi connectivity index (χ0v) is 14.1. The van der Waals surface area contributed by atoms with Gasteiger partial charge in [0.25, 0.3) is 0 Å². The summed E-state index contributed by atoms with van der Waals surface area (Å²) >= 11 is 0. The summed E-state index contributed by atoms with van der Waals surface area (Å²) in [6.45, 7) is 11.8. The number of hydrogen-bond donors (Lipinski definition) is 1. The SMILES string of the molecule is CCN1CCCC(NC2CCN(C(=O)C(C)C)CC2)CC1. The van der Waals surface area contributed by atoms with Crippen LogP contribution in [-0.2, 0) is 4.79 Å². The molecule has 122 valence electrons. The highest BCUT2D eigenvalue weighted by atomic mass is 16.2. The monoisotopic (exact) mass is 295 g/mol. The number of nitrogens with one attached hydrogen (secondary N) is 1. The van der Waals surface area contributed by atoms with Gasteiger partial charge in [-0.15, -0.1) is 0 Å². The van der Waals surface area contributed by atoms with Gasteiger partial charge in [0.15, 0.2) is 0 Å². The number of hydrogen-bond acceptors (Lipinski definition) is 3. The van der Waals surface area contributed by atoms with Crippen molar-refractivity contribution in [2.45, 2.75) is 65.0 Å². The fourth-order valence-electron chi connectivity index (χ4n) is 3.60. The minimum atomic E-state index is 0.136. The van der Waals surface area contributed by atoms with Crippen molar-refractivity contribution in [3.05, 3.63) is 0 Å². The molecular formula is C17H33N3O. The van der Waals surface area contributed by atoms with Crippen molar-refractivity contribution >= 4 is 5.91 Å². The second kappa shape index (κ2) is 8.14. The van der Waals surface area contributed by atoms with Gasteiger partial charge in [0.05, 0.1) is 0 Å². The lowest BCUT2D eigenvalue weighted by molar-refractivity contribution is -0.135. The van der Waals surface area contributed by atoms with E-state index in [1.807, 2.05) is 13.8 Å². The van der Waals surface area contributed by atoms with E-state index in [1.54, 1.807) is 0 Å². The van der Waals surface area contributed by atoms with E-state index in [0.717, 1.165) is 25.9 Å². The molecule has 2 rings (SSSR count). The Morgan fingerprint density at radius 2 is 1.67 bits per heavy atom. The van der Waals surface area contributed by atoms with E-state index in [4.69, 9.17) is 0 Å². The summed E-state index contributed by atoms with van der Waals surface area (Å²) in [5.41, 5.74) is 0. The smallest absolute Gasteiger partial charge is 0.225 e. The number of carbonyl (C=O) groups is 1. The molecule has 2 aliphatic heterocycles. The van der Waals surface area contributed by atoms with Crippen LogP contribution in [0.3, 0.4) is 0 Å². The molecule has 21 heavy (non-hydrogen) atoms. The van der Waals surface area contributed by atoms with Crippen molar-refractivity contribution in [1.82, 2.24) is 15.1 Å². The van der Waals surface area contributed by atoms with Crippen LogP contribution in [0.25, 0.3) is 0 Å². The zero-order chi connectivity index (χ0) is 15.2. The highest BCUT2D eigenvalue weighted by Gasteiger charge is 2.26. The second-order valence-electron chi connectivity index (χ2n) is 6.98. The molecule has 0 spiro atoms. The van der Waals surface area contributed by atoms with Gasteiger partial charge in [0.1, 0.15) is 0 Å². The lowest BCUT2D eigenvalue weighted by atomic mass is 10.0. The molecule has 0 aromatic heterocycles. The van der Waals surface area contributed by atoms with Crippen molar-refractivity contribution in [3.8, 4) is 0 Å². The number of piperidine rings is 1. The fourth-order valence-corrected chi connectivity index (χ4v) is 3.60. The normalized spacial score (nSPS) is 26.1. The Hall–Kier alpha value is -0.610. The highest BCUT2D eigenvalue weighted by molar-refractivity contribution is 5.78. The molecule has 0 bridgehead atoms. The number of amides is 1. The summed E-state index contributed by atoms with van der Waals surface area (Å²) in [4.78, 5) is 16.6. The predicted molar refractivity (Wildman–Crippen MR) is 87.3 cm³/mol. The number of carbonyl (C=O) groups excluding carboxylic acids is 1. The molecule has 2 aliphatic rings. The molecule has 1 unspecified atom stereocenters. The van der Waals surface area contributed by atoms with Gasteiger partial charge in [-0.25, -0.2) is 0 Å². The number of nitrogens with zero attached hydrogens (tertiary/aromatic N) is 2. The van der Waals surface area contributed by atoms with E-state index >= 15 is 0 Å². The van der Waals surface area contributed by atoms with Crippen LogP contribution >= 0.6 is 0 Å². The molecule has 1 atom stereocenters. The first kappa shape index (κ1) is 16.8. The fraction of sp³-hybridized carbons (Fsp3) is 0.941.